The number of ether oxygens (including phenoxy) is 1. The van der Waals surface area contributed by atoms with Crippen LogP contribution in [0.4, 0.5) is 0 Å². The average molecular weight is 460 g/mol. The van der Waals surface area contributed by atoms with Gasteiger partial charge in [0.25, 0.3) is 5.91 Å². The standard InChI is InChI=1S/C23H23Cl2N3O3/c1-15-20(6-9-31-15)23(29)27-26-14-18-3-2-17(22(18)28-7-10-30-11-8-28)12-16-4-5-19(24)13-21(16)25/h4-6,9,12-14H,2-3,7-8,10-11H2,1H3,(H,27,29)/b17-12-,26-14?. The Bertz CT molecular complexity index is 1070. The third-order valence-electron chi connectivity index (χ3n) is 5.38. The van der Waals surface area contributed by atoms with Crippen LogP contribution >= 0.6 is 23.2 Å². The molecule has 0 atom stereocenters. The second kappa shape index (κ2) is 9.73. The Morgan fingerprint density at radius 1 is 1.19 bits per heavy atom. The lowest BCUT2D eigenvalue weighted by Gasteiger charge is -2.31. The van der Waals surface area contributed by atoms with Crippen molar-refractivity contribution < 1.29 is 13.9 Å². The molecule has 8 heteroatoms. The van der Waals surface area contributed by atoms with Crippen LogP contribution in [0.2, 0.25) is 10.0 Å². The summed E-state index contributed by atoms with van der Waals surface area (Å²) in [6, 6.07) is 7.14. The zero-order chi connectivity index (χ0) is 21.8. The first-order valence-electron chi connectivity index (χ1n) is 10.1. The highest BCUT2D eigenvalue weighted by Crippen LogP contribution is 2.36. The fourth-order valence-electron chi connectivity index (χ4n) is 3.83. The van der Waals surface area contributed by atoms with Gasteiger partial charge in [0.05, 0.1) is 31.3 Å². The van der Waals surface area contributed by atoms with E-state index in [-0.39, 0.29) is 5.91 Å². The van der Waals surface area contributed by atoms with Gasteiger partial charge in [-0.25, -0.2) is 5.43 Å². The average Bonchev–Trinajstić information content (AvgIpc) is 3.37. The van der Waals surface area contributed by atoms with Gasteiger partial charge < -0.3 is 14.1 Å². The molecule has 1 fully saturated rings. The molecule has 1 aromatic heterocycles. The van der Waals surface area contributed by atoms with E-state index < -0.39 is 0 Å². The molecular weight excluding hydrogens is 437 g/mol. The van der Waals surface area contributed by atoms with Gasteiger partial charge in [0.2, 0.25) is 0 Å². The van der Waals surface area contributed by atoms with Crippen molar-refractivity contribution in [2.45, 2.75) is 19.8 Å². The number of nitrogens with zero attached hydrogens (tertiary/aromatic N) is 2. The van der Waals surface area contributed by atoms with Crippen LogP contribution in [-0.2, 0) is 4.74 Å². The number of halogens is 2. The molecule has 2 aliphatic rings. The molecule has 1 saturated heterocycles. The molecule has 1 amide bonds. The Hall–Kier alpha value is -2.54. The van der Waals surface area contributed by atoms with Gasteiger partial charge in [-0.1, -0.05) is 29.3 Å². The topological polar surface area (TPSA) is 67.1 Å². The van der Waals surface area contributed by atoms with Gasteiger partial charge in [-0.15, -0.1) is 0 Å². The van der Waals surface area contributed by atoms with E-state index in [1.165, 1.54) is 11.8 Å². The SMILES string of the molecule is Cc1occc1C(=O)NN=CC1=C(N2CCOCC2)/C(=C\c2ccc(Cl)cc2Cl)CC1. The van der Waals surface area contributed by atoms with Crippen LogP contribution in [0.1, 0.15) is 34.5 Å². The van der Waals surface area contributed by atoms with Crippen LogP contribution in [0.15, 0.2) is 56.9 Å². The number of carbonyl (C=O) groups excluding carboxylic acids is 1. The van der Waals surface area contributed by atoms with Gasteiger partial charge in [0.1, 0.15) is 5.76 Å². The molecule has 6 nitrogen and oxygen atoms in total. The largest absolute Gasteiger partial charge is 0.469 e. The van der Waals surface area contributed by atoms with Gasteiger partial charge in [-0.2, -0.15) is 5.10 Å². The van der Waals surface area contributed by atoms with Gasteiger partial charge in [-0.3, -0.25) is 4.79 Å². The molecule has 0 saturated carbocycles. The Morgan fingerprint density at radius 3 is 2.71 bits per heavy atom. The van der Waals surface area contributed by atoms with Crippen molar-refractivity contribution in [2.75, 3.05) is 26.3 Å². The fourth-order valence-corrected chi connectivity index (χ4v) is 4.29. The van der Waals surface area contributed by atoms with Crippen LogP contribution in [-0.4, -0.2) is 43.3 Å². The number of hydrazone groups is 1. The molecule has 31 heavy (non-hydrogen) atoms. The summed E-state index contributed by atoms with van der Waals surface area (Å²) in [6.45, 7) is 4.71. The van der Waals surface area contributed by atoms with E-state index in [4.69, 9.17) is 32.4 Å². The summed E-state index contributed by atoms with van der Waals surface area (Å²) in [6.07, 6.45) is 7.03. The molecule has 2 heterocycles. The highest BCUT2D eigenvalue weighted by molar-refractivity contribution is 6.35. The number of amides is 1. The molecule has 0 spiro atoms. The van der Waals surface area contributed by atoms with Crippen molar-refractivity contribution in [3.8, 4) is 0 Å². The molecule has 1 N–H and O–H groups in total. The fraction of sp³-hybridized carbons (Fsp3) is 0.304. The van der Waals surface area contributed by atoms with Gasteiger partial charge in [0.15, 0.2) is 0 Å². The highest BCUT2D eigenvalue weighted by atomic mass is 35.5. The van der Waals surface area contributed by atoms with E-state index in [0.29, 0.717) is 34.6 Å². The summed E-state index contributed by atoms with van der Waals surface area (Å²) in [5.41, 5.74) is 7.38. The minimum absolute atomic E-state index is 0.294. The molecule has 0 unspecified atom stereocenters. The highest BCUT2D eigenvalue weighted by Gasteiger charge is 2.25. The van der Waals surface area contributed by atoms with E-state index in [2.05, 4.69) is 21.5 Å². The van der Waals surface area contributed by atoms with Gasteiger partial charge in [-0.05, 0) is 60.8 Å². The van der Waals surface area contributed by atoms with Crippen molar-refractivity contribution in [3.63, 3.8) is 0 Å². The van der Waals surface area contributed by atoms with E-state index in [0.717, 1.165) is 42.8 Å². The number of morpholine rings is 1. The molecule has 0 radical (unpaired) electrons. The van der Waals surface area contributed by atoms with Crippen LogP contribution < -0.4 is 5.43 Å². The first kappa shape index (κ1) is 21.7. The zero-order valence-electron chi connectivity index (χ0n) is 17.2. The summed E-state index contributed by atoms with van der Waals surface area (Å²) in [5.74, 6) is 0.268. The summed E-state index contributed by atoms with van der Waals surface area (Å²) < 4.78 is 10.7. The van der Waals surface area contributed by atoms with Crippen molar-refractivity contribution in [1.82, 2.24) is 10.3 Å². The Morgan fingerprint density at radius 2 is 2.00 bits per heavy atom. The lowest BCUT2D eigenvalue weighted by atomic mass is 10.1. The predicted molar refractivity (Wildman–Crippen MR) is 122 cm³/mol. The molecule has 1 aliphatic heterocycles. The summed E-state index contributed by atoms with van der Waals surface area (Å²) in [4.78, 5) is 14.6. The van der Waals surface area contributed by atoms with Crippen LogP contribution in [0.3, 0.4) is 0 Å². The molecule has 2 aromatic rings. The lowest BCUT2D eigenvalue weighted by Crippen LogP contribution is -2.36. The second-order valence-electron chi connectivity index (χ2n) is 7.40. The molecule has 4 rings (SSSR count). The predicted octanol–water partition coefficient (Wildman–Crippen LogP) is 5.07. The summed E-state index contributed by atoms with van der Waals surface area (Å²) in [7, 11) is 0. The Labute approximate surface area is 191 Å². The van der Waals surface area contributed by atoms with Crippen molar-refractivity contribution in [3.05, 3.63) is 74.3 Å². The van der Waals surface area contributed by atoms with Crippen molar-refractivity contribution in [2.24, 2.45) is 5.10 Å². The van der Waals surface area contributed by atoms with E-state index in [9.17, 15) is 4.79 Å². The van der Waals surface area contributed by atoms with Gasteiger partial charge >= 0.3 is 0 Å². The number of allylic oxidation sites excluding steroid dienone is 2. The minimum Gasteiger partial charge on any atom is -0.469 e. The third kappa shape index (κ3) is 5.03. The van der Waals surface area contributed by atoms with Crippen molar-refractivity contribution in [1.29, 1.82) is 0 Å². The zero-order valence-corrected chi connectivity index (χ0v) is 18.7. The maximum absolute atomic E-state index is 12.3. The monoisotopic (exact) mass is 459 g/mol. The number of nitrogens with one attached hydrogen (secondary N) is 1. The summed E-state index contributed by atoms with van der Waals surface area (Å²) in [5, 5.41) is 5.44. The molecule has 1 aromatic carbocycles. The van der Waals surface area contributed by atoms with E-state index in [1.54, 1.807) is 25.3 Å². The Balaban J connectivity index is 1.60. The number of aryl methyl sites for hydroxylation is 1. The molecule has 1 aliphatic carbocycles. The number of rotatable bonds is 5. The van der Waals surface area contributed by atoms with Crippen LogP contribution in [0, 0.1) is 6.92 Å². The molecule has 162 valence electrons. The smallest absolute Gasteiger partial charge is 0.274 e. The first-order chi connectivity index (χ1) is 15.0. The van der Waals surface area contributed by atoms with E-state index in [1.807, 2.05) is 12.1 Å². The molecular formula is C23H23Cl2N3O3. The van der Waals surface area contributed by atoms with Gasteiger partial charge in [0, 0.05) is 28.8 Å². The third-order valence-corrected chi connectivity index (χ3v) is 5.94. The molecule has 0 bridgehead atoms. The number of hydrogen-bond donors (Lipinski definition) is 1. The lowest BCUT2D eigenvalue weighted by molar-refractivity contribution is 0.0548. The number of carbonyl (C=O) groups is 1. The van der Waals surface area contributed by atoms with E-state index >= 15 is 0 Å². The number of hydrogen-bond acceptors (Lipinski definition) is 5. The van der Waals surface area contributed by atoms with Crippen LogP contribution in [0.5, 0.6) is 0 Å². The maximum atomic E-state index is 12.3. The second-order valence-corrected chi connectivity index (χ2v) is 8.24. The maximum Gasteiger partial charge on any atom is 0.274 e. The Kier molecular flexibility index (Phi) is 6.80. The number of benzene rings is 1. The number of furan rings is 1. The minimum atomic E-state index is -0.294. The quantitative estimate of drug-likeness (QED) is 0.500. The summed E-state index contributed by atoms with van der Waals surface area (Å²) >= 11 is 12.4. The normalized spacial score (nSPS) is 18.4. The van der Waals surface area contributed by atoms with Crippen molar-refractivity contribution >= 4 is 41.4 Å². The first-order valence-corrected chi connectivity index (χ1v) is 10.9. The van der Waals surface area contributed by atoms with Crippen LogP contribution in [0.25, 0.3) is 6.08 Å².